The Morgan fingerprint density at radius 1 is 0.493 bits per heavy atom. The average Bonchev–Trinajstić information content (AvgIpc) is 0.819. The van der Waals surface area contributed by atoms with Crippen LogP contribution in [0.3, 0.4) is 0 Å². The number of hydrogen-bond acceptors (Lipinski definition) is 23. The van der Waals surface area contributed by atoms with E-state index in [-0.39, 0.29) is 145 Å². The highest BCUT2D eigenvalue weighted by Gasteiger charge is 2.48. The van der Waals surface area contributed by atoms with Crippen molar-refractivity contribution in [3.05, 3.63) is 245 Å². The predicted molar refractivity (Wildman–Crippen MR) is 552 cm³/mol. The summed E-state index contributed by atoms with van der Waals surface area (Å²) in [5, 5.41) is 44.0. The average molecular weight is 2090 g/mol. The number of thiazole rings is 2. The molecule has 12 N–H and O–H groups in total. The van der Waals surface area contributed by atoms with Crippen LogP contribution < -0.4 is 53.2 Å². The van der Waals surface area contributed by atoms with E-state index in [1.807, 2.05) is 154 Å². The van der Waals surface area contributed by atoms with Crippen molar-refractivity contribution in [1.82, 2.24) is 55.5 Å². The van der Waals surface area contributed by atoms with Crippen LogP contribution in [-0.4, -0.2) is 229 Å². The summed E-state index contributed by atoms with van der Waals surface area (Å²) < 4.78 is 113. The number of halogens is 8. The Bertz CT molecular complexity index is 6660. The lowest BCUT2D eigenvalue weighted by Crippen LogP contribution is -2.55. The number of Topliss-reactive ketones (excluding diaryl/α,β-unsaturated/α-hetero) is 2. The third-order valence-corrected chi connectivity index (χ3v) is 29.4. The van der Waals surface area contributed by atoms with Gasteiger partial charge in [-0.2, -0.15) is 26.3 Å². The number of aryl methyl sites for hydroxylation is 2. The van der Waals surface area contributed by atoms with Crippen molar-refractivity contribution in [2.45, 2.75) is 203 Å². The van der Waals surface area contributed by atoms with E-state index in [0.29, 0.717) is 62.1 Å². The molecule has 0 spiro atoms. The highest BCUT2D eigenvalue weighted by molar-refractivity contribution is 7.13. The number of rotatable bonds is 27. The van der Waals surface area contributed by atoms with Gasteiger partial charge in [0.15, 0.2) is 5.78 Å². The van der Waals surface area contributed by atoms with Gasteiger partial charge in [0.25, 0.3) is 17.7 Å². The van der Waals surface area contributed by atoms with Gasteiger partial charge in [-0.1, -0.05) is 110 Å². The van der Waals surface area contributed by atoms with Gasteiger partial charge in [0.1, 0.15) is 29.5 Å². The Labute approximate surface area is 859 Å². The molecule has 148 heavy (non-hydrogen) atoms. The number of ketones is 2. The maximum atomic E-state index is 15.8. The van der Waals surface area contributed by atoms with Crippen LogP contribution in [0.1, 0.15) is 203 Å². The Balaban J connectivity index is 0.000000233. The number of aromatic nitrogens is 4. The second kappa shape index (κ2) is 47.7. The number of hydrogen-bond donors (Lipinski definition) is 11. The molecular formula is C107H126F8N16O15S2. The maximum absolute atomic E-state index is 15.8. The third-order valence-electron chi connectivity index (χ3n) is 27.4. The van der Waals surface area contributed by atoms with E-state index in [0.717, 1.165) is 67.7 Å². The van der Waals surface area contributed by atoms with E-state index in [9.17, 15) is 104 Å². The summed E-state index contributed by atoms with van der Waals surface area (Å²) in [6, 6.07) is 30.0. The quantitative estimate of drug-likeness (QED) is 0.0213. The molecule has 8 heterocycles. The summed E-state index contributed by atoms with van der Waals surface area (Å²) in [5.74, 6) is -9.66. The van der Waals surface area contributed by atoms with E-state index in [1.54, 1.807) is 61.9 Å². The first-order valence-electron chi connectivity index (χ1n) is 47.9. The molecule has 41 heteroatoms. The summed E-state index contributed by atoms with van der Waals surface area (Å²) in [4.78, 5) is 182. The zero-order valence-corrected chi connectivity index (χ0v) is 85.8. The fourth-order valence-corrected chi connectivity index (χ4v) is 20.1. The molecule has 12 atom stereocenters. The van der Waals surface area contributed by atoms with Gasteiger partial charge in [-0.3, -0.25) is 62.5 Å². The summed E-state index contributed by atoms with van der Waals surface area (Å²) in [7, 11) is 3.94. The van der Waals surface area contributed by atoms with Crippen molar-refractivity contribution in [1.29, 1.82) is 0 Å². The summed E-state index contributed by atoms with van der Waals surface area (Å²) in [5.41, 5.74) is 8.07. The Morgan fingerprint density at radius 3 is 1.20 bits per heavy atom. The molecule has 0 bridgehead atoms. The number of aliphatic hydroxyl groups is 2. The number of aliphatic hydroxyl groups excluding tert-OH is 2. The predicted octanol–water partition coefficient (Wildman–Crippen LogP) is 15.8. The van der Waals surface area contributed by atoms with E-state index in [2.05, 4.69) is 56.3 Å². The molecule has 4 fully saturated rings. The zero-order valence-electron chi connectivity index (χ0n) is 84.2. The minimum Gasteiger partial charge on any atom is -0.478 e. The van der Waals surface area contributed by atoms with Crippen LogP contribution in [0.15, 0.2) is 166 Å². The van der Waals surface area contributed by atoms with Gasteiger partial charge < -0.3 is 77.2 Å². The second-order valence-electron chi connectivity index (χ2n) is 40.1. The molecule has 6 aromatic carbocycles. The first-order valence-corrected chi connectivity index (χ1v) is 49.6. The SMILES string of the molecule is C.C[C@@H]1CN(c2ccc(-c3cc(C(=O)O)ccc3F)cc2NC(=O)c2c[nH]c(=O)cc2C(F)(F)F)C[C@H](C)N1C.Cc1ncsc1-c1ccc([C@H](C)NC(=O)[C@H]2C[C@@H](O)CN2C(=O)[C@@H](CC(=O)CN)C(C)(C)C)cc1.Cc1ncsc1-c1ccc([C@H](C)NC(=O)[C@H]2C[C@H](O)CN2C(=O)[C@@H](CC(=O)CNC(=O)c2ccc(F)c(-c3ccc(N4C[C@@H](C)N(C)[C@@H](C)C4)c(NC(=O)c4c[nH]c(=O)cc4C(F)(F)F)c3)c2)C(C)(C)C)cc1. The molecule has 0 saturated carbocycles. The molecule has 31 nitrogen and oxygen atoms in total. The van der Waals surface area contributed by atoms with Crippen molar-refractivity contribution in [3.8, 4) is 43.1 Å². The van der Waals surface area contributed by atoms with Crippen LogP contribution >= 0.6 is 22.7 Å². The fraction of sp³-hybridized carbons (Fsp3) is 0.421. The van der Waals surface area contributed by atoms with Gasteiger partial charge in [0.2, 0.25) is 34.7 Å². The molecule has 4 aliphatic heterocycles. The van der Waals surface area contributed by atoms with Gasteiger partial charge in [0, 0.05) is 142 Å². The number of alkyl halides is 6. The highest BCUT2D eigenvalue weighted by Crippen LogP contribution is 2.43. The number of likely N-dealkylation sites (N-methyl/N-ethyl adjacent to an activating group) is 2. The largest absolute Gasteiger partial charge is 0.478 e. The number of piperazine rings is 2. The van der Waals surface area contributed by atoms with Crippen LogP contribution in [0.25, 0.3) is 43.1 Å². The Kier molecular flexibility index (Phi) is 37.0. The Hall–Kier alpha value is -13.6. The molecule has 4 aromatic heterocycles. The number of carboxylic acid groups (broad SMARTS) is 1. The molecule has 14 rings (SSSR count). The number of likely N-dealkylation sites (tertiary alicyclic amines) is 2. The topological polar surface area (TPSA) is 428 Å². The van der Waals surface area contributed by atoms with Crippen LogP contribution in [0, 0.1) is 48.1 Å². The number of aromatic amines is 2. The highest BCUT2D eigenvalue weighted by atomic mass is 32.1. The first kappa shape index (κ1) is 115. The lowest BCUT2D eigenvalue weighted by atomic mass is 9.76. The maximum Gasteiger partial charge on any atom is 0.417 e. The van der Waals surface area contributed by atoms with Crippen LogP contribution in [0.5, 0.6) is 0 Å². The number of nitrogens with two attached hydrogens (primary N) is 1. The minimum atomic E-state index is -5.04. The van der Waals surface area contributed by atoms with Gasteiger partial charge in [-0.25, -0.2) is 23.5 Å². The normalized spacial score (nSPS) is 19.0. The standard InChI is InChI=1S/C53H60F4N8O7S.C27H26F4N4O4.C26H36N4O4S.CH4/c1-28-24-64(25-29(2)63(28)8)44-16-14-34(18-43(44)62-49(70)39-23-58-46(68)21-40(39)53(55,56)57)38-17-35(13-15-42(38)54)48(69)59-22-36(66)19-41(52(5,6)7)51(72)65-26-37(67)20-45(65)50(71)61-30(3)32-9-11-33(12-10-32)47-31(4)60-27-73-47;1-14-12-35(13-15(2)34(14)3)23-7-5-16(18-8-17(26(38)39)4-6-21(18)28)9-22(23)33-25(37)19-11-32-24(36)10-20(19)27(29,30)31;1-15(17-6-8-18(9-7-17)23-16(2)28-14-35-23)29-24(33)22-11-20(32)13-30(22)25(34)21(26(3,4)5)10-19(31)12-27;/h9-18,21,23,27-30,37,41,45,67H,19-20,22,24-26H2,1-8H3,(H,58,68)(H,59,69)(H,61,71)(H,62,70);4-11,14-15H,12-13H2,1-3H3,(H,32,36)(H,33,37)(H,38,39);6-9,14-15,20-22,32H,10-13,27H2,1-5H3,(H,29,33);1H4/t28-,29+,30-,37-,41+,45+;14-,15+;15-,20+,21+,22+;/m0.0./s1. The van der Waals surface area contributed by atoms with Crippen molar-refractivity contribution in [2.75, 3.05) is 86.9 Å². The smallest absolute Gasteiger partial charge is 0.417 e. The molecule has 4 aliphatic rings. The number of carbonyl (C=O) groups is 10. The first-order chi connectivity index (χ1) is 69.0. The van der Waals surface area contributed by atoms with E-state index >= 15 is 4.39 Å². The zero-order chi connectivity index (χ0) is 108. The number of carbonyl (C=O) groups excluding carboxylic acids is 9. The molecule has 4 saturated heterocycles. The van der Waals surface area contributed by atoms with Crippen LogP contribution in [0.4, 0.5) is 57.9 Å². The number of nitrogens with one attached hydrogen (secondary N) is 7. The lowest BCUT2D eigenvalue weighted by Gasteiger charge is -2.44. The lowest BCUT2D eigenvalue weighted by molar-refractivity contribution is -0.146. The molecule has 0 unspecified atom stereocenters. The molecular weight excluding hydrogens is 1970 g/mol. The van der Waals surface area contributed by atoms with E-state index in [1.165, 1.54) is 45.4 Å². The number of β-amino-alcohol motifs (C(OH)–C–C–N with tert-alkyl or cyclic N) is 2. The number of H-pyrrole nitrogens is 2. The van der Waals surface area contributed by atoms with Gasteiger partial charge in [0.05, 0.1) is 120 Å². The molecule has 7 amide bonds. The second-order valence-corrected chi connectivity index (χ2v) is 41.8. The number of benzene rings is 6. The number of nitrogens with zero attached hydrogens (tertiary/aromatic N) is 8. The number of amides is 7. The Morgan fingerprint density at radius 2 is 0.851 bits per heavy atom. The number of anilines is 4. The van der Waals surface area contributed by atoms with Gasteiger partial charge in [-0.15, -0.1) is 22.7 Å². The molecule has 0 radical (unpaired) electrons. The van der Waals surface area contributed by atoms with Crippen molar-refractivity contribution < 1.29 is 98.4 Å². The number of carboxylic acids is 1. The van der Waals surface area contributed by atoms with Crippen molar-refractivity contribution >= 4 is 104 Å². The van der Waals surface area contributed by atoms with Crippen LogP contribution in [0.2, 0.25) is 0 Å². The van der Waals surface area contributed by atoms with Crippen molar-refractivity contribution in [2.24, 2.45) is 28.4 Å². The third kappa shape index (κ3) is 27.7. The molecule has 792 valence electrons. The van der Waals surface area contributed by atoms with Gasteiger partial charge >= 0.3 is 18.3 Å². The monoisotopic (exact) mass is 2090 g/mol. The number of aromatic carboxylic acids is 1. The summed E-state index contributed by atoms with van der Waals surface area (Å²) in [6.45, 7) is 28.0. The summed E-state index contributed by atoms with van der Waals surface area (Å²) in [6.07, 6.45) is -10.5. The fourth-order valence-electron chi connectivity index (χ4n) is 18.5. The summed E-state index contributed by atoms with van der Waals surface area (Å²) >= 11 is 3.12. The minimum absolute atomic E-state index is 0. The van der Waals surface area contributed by atoms with E-state index in [4.69, 9.17) is 5.73 Å². The number of pyridine rings is 2. The van der Waals surface area contributed by atoms with E-state index < -0.39 is 158 Å². The van der Waals surface area contributed by atoms with Gasteiger partial charge in [-0.05, 0) is 174 Å². The molecule has 0 aliphatic carbocycles. The van der Waals surface area contributed by atoms with Crippen molar-refractivity contribution in [3.63, 3.8) is 0 Å². The van der Waals surface area contributed by atoms with Crippen LogP contribution in [-0.2, 0) is 41.1 Å². The molecule has 10 aromatic rings.